The van der Waals surface area contributed by atoms with E-state index in [9.17, 15) is 10.1 Å². The maximum Gasteiger partial charge on any atom is 0.372 e. The molecule has 1 rings (SSSR count). The number of unbranched alkanes of at least 4 members (excludes halogenated alkanes) is 3. The van der Waals surface area contributed by atoms with Gasteiger partial charge in [-0.25, -0.2) is 4.98 Å². The summed E-state index contributed by atoms with van der Waals surface area (Å²) < 4.78 is 9.95. The van der Waals surface area contributed by atoms with E-state index in [0.717, 1.165) is 25.7 Å². The molecule has 1 heterocycles. The standard InChI is InChI=1S/C13H22N4O4/c1-4-5-6-7-8-14-12-11(17(18)19)13(21-3)16-10(15-12)9-20-2/h4-9H2,1-3H3,(H,14,15,16). The van der Waals surface area contributed by atoms with Crippen molar-refractivity contribution in [1.82, 2.24) is 9.97 Å². The van der Waals surface area contributed by atoms with Gasteiger partial charge >= 0.3 is 5.69 Å². The van der Waals surface area contributed by atoms with E-state index in [0.29, 0.717) is 12.4 Å². The van der Waals surface area contributed by atoms with E-state index in [4.69, 9.17) is 9.47 Å². The van der Waals surface area contributed by atoms with E-state index < -0.39 is 4.92 Å². The highest BCUT2D eigenvalue weighted by molar-refractivity contribution is 5.61. The maximum absolute atomic E-state index is 11.2. The van der Waals surface area contributed by atoms with Crippen LogP contribution in [0.5, 0.6) is 5.88 Å². The summed E-state index contributed by atoms with van der Waals surface area (Å²) in [5.41, 5.74) is -0.243. The third-order valence-electron chi connectivity index (χ3n) is 2.87. The summed E-state index contributed by atoms with van der Waals surface area (Å²) in [7, 11) is 2.85. The molecule has 0 spiro atoms. The first-order valence-corrected chi connectivity index (χ1v) is 6.96. The molecule has 0 atom stereocenters. The normalized spacial score (nSPS) is 10.4. The Kier molecular flexibility index (Phi) is 7.38. The second-order valence-corrected chi connectivity index (χ2v) is 4.52. The van der Waals surface area contributed by atoms with Crippen molar-refractivity contribution in [2.75, 3.05) is 26.1 Å². The van der Waals surface area contributed by atoms with Gasteiger partial charge in [0.2, 0.25) is 5.82 Å². The van der Waals surface area contributed by atoms with Crippen molar-refractivity contribution >= 4 is 11.5 Å². The Balaban J connectivity index is 2.91. The largest absolute Gasteiger partial charge is 0.476 e. The number of methoxy groups -OCH3 is 2. The Morgan fingerprint density at radius 2 is 2.00 bits per heavy atom. The third-order valence-corrected chi connectivity index (χ3v) is 2.87. The van der Waals surface area contributed by atoms with Gasteiger partial charge < -0.3 is 14.8 Å². The molecule has 0 aliphatic carbocycles. The molecule has 0 bridgehead atoms. The second kappa shape index (κ2) is 9.06. The lowest BCUT2D eigenvalue weighted by molar-refractivity contribution is -0.385. The van der Waals surface area contributed by atoms with E-state index in [2.05, 4.69) is 22.2 Å². The van der Waals surface area contributed by atoms with Crippen LogP contribution in [0.3, 0.4) is 0 Å². The summed E-state index contributed by atoms with van der Waals surface area (Å²) in [6.07, 6.45) is 4.28. The Bertz CT molecular complexity index is 468. The molecule has 21 heavy (non-hydrogen) atoms. The zero-order valence-electron chi connectivity index (χ0n) is 12.7. The van der Waals surface area contributed by atoms with Crippen molar-refractivity contribution in [2.45, 2.75) is 39.2 Å². The number of aromatic nitrogens is 2. The van der Waals surface area contributed by atoms with Crippen molar-refractivity contribution in [3.05, 3.63) is 15.9 Å². The number of nitrogens with one attached hydrogen (secondary N) is 1. The monoisotopic (exact) mass is 298 g/mol. The molecule has 1 aromatic heterocycles. The summed E-state index contributed by atoms with van der Waals surface area (Å²) in [4.78, 5) is 18.8. The van der Waals surface area contributed by atoms with Crippen LogP contribution in [0.15, 0.2) is 0 Å². The molecule has 8 nitrogen and oxygen atoms in total. The first kappa shape index (κ1) is 17.1. The van der Waals surface area contributed by atoms with E-state index in [1.54, 1.807) is 0 Å². The Labute approximate surface area is 124 Å². The van der Waals surface area contributed by atoms with E-state index in [1.807, 2.05) is 0 Å². The lowest BCUT2D eigenvalue weighted by Gasteiger charge is -2.10. The predicted octanol–water partition coefficient (Wildman–Crippen LogP) is 2.53. The second-order valence-electron chi connectivity index (χ2n) is 4.52. The van der Waals surface area contributed by atoms with Crippen LogP contribution in [0.2, 0.25) is 0 Å². The molecule has 0 unspecified atom stereocenters. The minimum atomic E-state index is -0.538. The summed E-state index contributed by atoms with van der Waals surface area (Å²) in [6.45, 7) is 2.91. The van der Waals surface area contributed by atoms with Crippen LogP contribution < -0.4 is 10.1 Å². The molecular weight excluding hydrogens is 276 g/mol. The SMILES string of the molecule is CCCCCCNc1nc(COC)nc(OC)c1[N+](=O)[O-]. The van der Waals surface area contributed by atoms with Crippen molar-refractivity contribution in [2.24, 2.45) is 0 Å². The van der Waals surface area contributed by atoms with Gasteiger partial charge in [-0.3, -0.25) is 10.1 Å². The van der Waals surface area contributed by atoms with Gasteiger partial charge in [-0.15, -0.1) is 0 Å². The number of hydrogen-bond donors (Lipinski definition) is 1. The molecule has 0 aliphatic rings. The summed E-state index contributed by atoms with van der Waals surface area (Å²) in [5.74, 6) is 0.463. The predicted molar refractivity (Wildman–Crippen MR) is 78.6 cm³/mol. The number of anilines is 1. The van der Waals surface area contributed by atoms with Gasteiger partial charge in [0.25, 0.3) is 5.88 Å². The van der Waals surface area contributed by atoms with Gasteiger partial charge in [0, 0.05) is 13.7 Å². The first-order valence-electron chi connectivity index (χ1n) is 6.96. The minimum Gasteiger partial charge on any atom is -0.476 e. The molecule has 0 saturated carbocycles. The molecule has 0 aromatic carbocycles. The van der Waals surface area contributed by atoms with Crippen molar-refractivity contribution in [3.63, 3.8) is 0 Å². The van der Waals surface area contributed by atoms with Gasteiger partial charge in [-0.05, 0) is 6.42 Å². The lowest BCUT2D eigenvalue weighted by Crippen LogP contribution is -2.11. The molecule has 118 valence electrons. The van der Waals surface area contributed by atoms with E-state index >= 15 is 0 Å². The average Bonchev–Trinajstić information content (AvgIpc) is 2.46. The number of nitro groups is 1. The highest BCUT2D eigenvalue weighted by Gasteiger charge is 2.25. The first-order chi connectivity index (χ1) is 10.1. The van der Waals surface area contributed by atoms with Gasteiger partial charge in [-0.2, -0.15) is 4.98 Å². The van der Waals surface area contributed by atoms with Crippen LogP contribution in [0.4, 0.5) is 11.5 Å². The topological polar surface area (TPSA) is 99.4 Å². The highest BCUT2D eigenvalue weighted by Crippen LogP contribution is 2.31. The van der Waals surface area contributed by atoms with Crippen LogP contribution in [0, 0.1) is 10.1 Å². The number of nitrogens with zero attached hydrogens (tertiary/aromatic N) is 3. The molecule has 0 aliphatic heterocycles. The van der Waals surface area contributed by atoms with E-state index in [1.165, 1.54) is 14.2 Å². The van der Waals surface area contributed by atoms with Crippen LogP contribution >= 0.6 is 0 Å². The molecule has 0 radical (unpaired) electrons. The third kappa shape index (κ3) is 5.14. The zero-order chi connectivity index (χ0) is 15.7. The fourth-order valence-corrected chi connectivity index (χ4v) is 1.86. The molecule has 1 N–H and O–H groups in total. The quantitative estimate of drug-likeness (QED) is 0.402. The molecule has 1 aromatic rings. The summed E-state index contributed by atoms with van der Waals surface area (Å²) >= 11 is 0. The average molecular weight is 298 g/mol. The van der Waals surface area contributed by atoms with Crippen LogP contribution in [-0.4, -0.2) is 35.7 Å². The fraction of sp³-hybridized carbons (Fsp3) is 0.692. The minimum absolute atomic E-state index is 0.0573. The van der Waals surface area contributed by atoms with Crippen LogP contribution in [-0.2, 0) is 11.3 Å². The Morgan fingerprint density at radius 1 is 1.24 bits per heavy atom. The zero-order valence-corrected chi connectivity index (χ0v) is 12.7. The summed E-state index contributed by atoms with van der Waals surface area (Å²) in [5, 5.41) is 14.2. The molecule has 0 amide bonds. The summed E-state index contributed by atoms with van der Waals surface area (Å²) in [6, 6.07) is 0. The van der Waals surface area contributed by atoms with Crippen molar-refractivity contribution in [1.29, 1.82) is 0 Å². The smallest absolute Gasteiger partial charge is 0.372 e. The Morgan fingerprint density at radius 3 is 2.57 bits per heavy atom. The number of hydrogen-bond acceptors (Lipinski definition) is 7. The molecule has 0 fully saturated rings. The fourth-order valence-electron chi connectivity index (χ4n) is 1.86. The van der Waals surface area contributed by atoms with Gasteiger partial charge in [0.1, 0.15) is 6.61 Å². The van der Waals surface area contributed by atoms with Crippen molar-refractivity contribution in [3.8, 4) is 5.88 Å². The number of ether oxygens (including phenoxy) is 2. The molecular formula is C13H22N4O4. The molecule has 0 saturated heterocycles. The van der Waals surface area contributed by atoms with E-state index in [-0.39, 0.29) is 24.0 Å². The number of rotatable bonds is 10. The maximum atomic E-state index is 11.2. The van der Waals surface area contributed by atoms with Crippen LogP contribution in [0.25, 0.3) is 0 Å². The lowest BCUT2D eigenvalue weighted by atomic mass is 10.2. The van der Waals surface area contributed by atoms with Gasteiger partial charge in [0.05, 0.1) is 12.0 Å². The molecule has 8 heteroatoms. The highest BCUT2D eigenvalue weighted by atomic mass is 16.6. The van der Waals surface area contributed by atoms with Crippen molar-refractivity contribution < 1.29 is 14.4 Å². The van der Waals surface area contributed by atoms with Crippen LogP contribution in [0.1, 0.15) is 38.4 Å². The van der Waals surface area contributed by atoms with Gasteiger partial charge in [0.15, 0.2) is 5.82 Å². The Hall–Kier alpha value is -1.96. The van der Waals surface area contributed by atoms with Gasteiger partial charge in [-0.1, -0.05) is 26.2 Å².